The number of hydrogen-bond acceptors (Lipinski definition) is 2. The summed E-state index contributed by atoms with van der Waals surface area (Å²) >= 11 is 0. The first-order valence-electron chi connectivity index (χ1n) is 5.36. The normalized spacial score (nSPS) is 18.7. The fourth-order valence-electron chi connectivity index (χ4n) is 2.52. The van der Waals surface area contributed by atoms with Crippen molar-refractivity contribution in [1.82, 2.24) is 5.43 Å². The van der Waals surface area contributed by atoms with Gasteiger partial charge in [0, 0.05) is 0 Å². The average Bonchev–Trinajstić information content (AvgIpc) is 2.79. The topological polar surface area (TPSA) is 55.1 Å². The highest BCUT2D eigenvalue weighted by Gasteiger charge is 2.42. The van der Waals surface area contributed by atoms with Gasteiger partial charge in [0.1, 0.15) is 0 Å². The quantitative estimate of drug-likeness (QED) is 0.435. The number of hydrogen-bond donors (Lipinski definition) is 2. The van der Waals surface area contributed by atoms with Gasteiger partial charge in [0.15, 0.2) is 0 Å². The van der Waals surface area contributed by atoms with Gasteiger partial charge in [-0.15, -0.1) is 0 Å². The number of amides is 1. The van der Waals surface area contributed by atoms with E-state index >= 15 is 0 Å². The van der Waals surface area contributed by atoms with E-state index in [0.29, 0.717) is 0 Å². The molecular weight excluding hydrogens is 188 g/mol. The first-order chi connectivity index (χ1) is 7.29. The molecule has 1 amide bonds. The summed E-state index contributed by atoms with van der Waals surface area (Å²) in [5, 5.41) is 0. The maximum absolute atomic E-state index is 11.9. The van der Waals surface area contributed by atoms with E-state index in [1.807, 2.05) is 30.3 Å². The molecule has 0 saturated heterocycles. The Labute approximate surface area is 89.6 Å². The smallest absolute Gasteiger partial charge is 0.244 e. The maximum atomic E-state index is 11.9. The fourth-order valence-corrected chi connectivity index (χ4v) is 2.52. The van der Waals surface area contributed by atoms with E-state index in [4.69, 9.17) is 5.84 Å². The molecule has 2 rings (SSSR count). The molecule has 3 N–H and O–H groups in total. The predicted molar refractivity (Wildman–Crippen MR) is 58.9 cm³/mol. The highest BCUT2D eigenvalue weighted by Crippen LogP contribution is 2.40. The van der Waals surface area contributed by atoms with E-state index in [-0.39, 0.29) is 11.3 Å². The van der Waals surface area contributed by atoms with Crippen LogP contribution < -0.4 is 11.3 Å². The summed E-state index contributed by atoms with van der Waals surface area (Å²) in [6.45, 7) is 0. The molecule has 0 radical (unpaired) electrons. The Hall–Kier alpha value is -1.35. The average molecular weight is 204 g/mol. The van der Waals surface area contributed by atoms with Crippen LogP contribution in [0.3, 0.4) is 0 Å². The Morgan fingerprint density at radius 2 is 1.80 bits per heavy atom. The van der Waals surface area contributed by atoms with Crippen molar-refractivity contribution in [2.45, 2.75) is 31.1 Å². The molecule has 0 unspecified atom stereocenters. The van der Waals surface area contributed by atoms with Crippen LogP contribution in [0.15, 0.2) is 30.3 Å². The minimum atomic E-state index is -0.379. The lowest BCUT2D eigenvalue weighted by atomic mass is 9.78. The minimum Gasteiger partial charge on any atom is -0.293 e. The van der Waals surface area contributed by atoms with Gasteiger partial charge in [-0.3, -0.25) is 10.2 Å². The van der Waals surface area contributed by atoms with Gasteiger partial charge >= 0.3 is 0 Å². The number of carbonyl (C=O) groups is 1. The standard InChI is InChI=1S/C12H16N2O/c13-14-11(15)12(8-4-5-9-12)10-6-2-1-3-7-10/h1-3,6-7H,4-5,8-9,13H2,(H,14,15). The van der Waals surface area contributed by atoms with Crippen LogP contribution in [-0.2, 0) is 10.2 Å². The number of benzene rings is 1. The van der Waals surface area contributed by atoms with E-state index in [1.165, 1.54) is 0 Å². The van der Waals surface area contributed by atoms with Gasteiger partial charge in [0.25, 0.3) is 0 Å². The Morgan fingerprint density at radius 3 is 2.33 bits per heavy atom. The van der Waals surface area contributed by atoms with E-state index in [0.717, 1.165) is 31.2 Å². The van der Waals surface area contributed by atoms with Crippen LogP contribution >= 0.6 is 0 Å². The Balaban J connectivity index is 2.39. The van der Waals surface area contributed by atoms with Crippen molar-refractivity contribution < 1.29 is 4.79 Å². The molecule has 15 heavy (non-hydrogen) atoms. The van der Waals surface area contributed by atoms with Crippen molar-refractivity contribution in [3.8, 4) is 0 Å². The Kier molecular flexibility index (Phi) is 2.73. The van der Waals surface area contributed by atoms with Gasteiger partial charge in [0.05, 0.1) is 5.41 Å². The number of carbonyl (C=O) groups excluding carboxylic acids is 1. The second kappa shape index (κ2) is 4.03. The summed E-state index contributed by atoms with van der Waals surface area (Å²) in [4.78, 5) is 11.9. The Bertz CT molecular complexity index is 342. The third-order valence-electron chi connectivity index (χ3n) is 3.35. The van der Waals surface area contributed by atoms with Crippen molar-refractivity contribution in [3.63, 3.8) is 0 Å². The molecule has 1 aromatic carbocycles. The molecule has 1 fully saturated rings. The van der Waals surface area contributed by atoms with Crippen LogP contribution in [0.5, 0.6) is 0 Å². The molecule has 3 nitrogen and oxygen atoms in total. The van der Waals surface area contributed by atoms with Crippen molar-refractivity contribution >= 4 is 5.91 Å². The summed E-state index contributed by atoms with van der Waals surface area (Å²) < 4.78 is 0. The first kappa shape index (κ1) is 10.2. The van der Waals surface area contributed by atoms with Gasteiger partial charge < -0.3 is 0 Å². The van der Waals surface area contributed by atoms with Gasteiger partial charge in [-0.1, -0.05) is 43.2 Å². The van der Waals surface area contributed by atoms with Gasteiger partial charge in [0.2, 0.25) is 5.91 Å². The third-order valence-corrected chi connectivity index (χ3v) is 3.35. The summed E-state index contributed by atoms with van der Waals surface area (Å²) in [5.41, 5.74) is 3.02. The number of rotatable bonds is 2. The first-order valence-corrected chi connectivity index (χ1v) is 5.36. The summed E-state index contributed by atoms with van der Waals surface area (Å²) in [7, 11) is 0. The lowest BCUT2D eigenvalue weighted by molar-refractivity contribution is -0.126. The van der Waals surface area contributed by atoms with E-state index in [2.05, 4.69) is 5.43 Å². The molecule has 3 heteroatoms. The molecule has 0 spiro atoms. The minimum absolute atomic E-state index is 0.0498. The highest BCUT2D eigenvalue weighted by molar-refractivity contribution is 5.88. The summed E-state index contributed by atoms with van der Waals surface area (Å²) in [6.07, 6.45) is 4.00. The molecule has 0 aromatic heterocycles. The molecule has 0 aliphatic heterocycles. The molecule has 0 heterocycles. The van der Waals surface area contributed by atoms with Crippen LogP contribution in [0.4, 0.5) is 0 Å². The molecule has 1 aliphatic carbocycles. The van der Waals surface area contributed by atoms with Crippen LogP contribution in [0.1, 0.15) is 31.2 Å². The zero-order valence-electron chi connectivity index (χ0n) is 8.70. The summed E-state index contributed by atoms with van der Waals surface area (Å²) in [5.74, 6) is 5.23. The molecule has 0 bridgehead atoms. The van der Waals surface area contributed by atoms with Crippen LogP contribution in [0.2, 0.25) is 0 Å². The number of nitrogens with two attached hydrogens (primary N) is 1. The maximum Gasteiger partial charge on any atom is 0.244 e. The van der Waals surface area contributed by atoms with E-state index < -0.39 is 0 Å². The van der Waals surface area contributed by atoms with Crippen molar-refractivity contribution in [3.05, 3.63) is 35.9 Å². The monoisotopic (exact) mass is 204 g/mol. The molecule has 0 atom stereocenters. The third kappa shape index (κ3) is 1.63. The zero-order valence-corrected chi connectivity index (χ0v) is 8.70. The van der Waals surface area contributed by atoms with E-state index in [9.17, 15) is 4.79 Å². The van der Waals surface area contributed by atoms with E-state index in [1.54, 1.807) is 0 Å². The van der Waals surface area contributed by atoms with Crippen molar-refractivity contribution in [1.29, 1.82) is 0 Å². The summed E-state index contributed by atoms with van der Waals surface area (Å²) in [6, 6.07) is 9.94. The number of nitrogens with one attached hydrogen (secondary N) is 1. The van der Waals surface area contributed by atoms with Gasteiger partial charge in [-0.25, -0.2) is 5.84 Å². The van der Waals surface area contributed by atoms with Crippen LogP contribution in [0, 0.1) is 0 Å². The molecule has 1 aliphatic rings. The van der Waals surface area contributed by atoms with Crippen molar-refractivity contribution in [2.75, 3.05) is 0 Å². The van der Waals surface area contributed by atoms with Gasteiger partial charge in [-0.05, 0) is 18.4 Å². The fraction of sp³-hybridized carbons (Fsp3) is 0.417. The lowest BCUT2D eigenvalue weighted by Crippen LogP contribution is -2.45. The zero-order chi connectivity index (χ0) is 10.7. The van der Waals surface area contributed by atoms with Crippen LogP contribution in [-0.4, -0.2) is 5.91 Å². The molecule has 1 saturated carbocycles. The SMILES string of the molecule is NNC(=O)C1(c2ccccc2)CCCC1. The predicted octanol–water partition coefficient (Wildman–Crippen LogP) is 1.49. The van der Waals surface area contributed by atoms with Crippen molar-refractivity contribution in [2.24, 2.45) is 5.84 Å². The highest BCUT2D eigenvalue weighted by atomic mass is 16.2. The molecular formula is C12H16N2O. The molecule has 1 aromatic rings. The largest absolute Gasteiger partial charge is 0.293 e. The van der Waals surface area contributed by atoms with Gasteiger partial charge in [-0.2, -0.15) is 0 Å². The Morgan fingerprint density at radius 1 is 1.20 bits per heavy atom. The second-order valence-electron chi connectivity index (χ2n) is 4.13. The van der Waals surface area contributed by atoms with Crippen LogP contribution in [0.25, 0.3) is 0 Å². The number of hydrazine groups is 1. The lowest BCUT2D eigenvalue weighted by Gasteiger charge is -2.27. The second-order valence-corrected chi connectivity index (χ2v) is 4.13. The molecule has 80 valence electrons.